The van der Waals surface area contributed by atoms with Crippen molar-refractivity contribution in [1.29, 1.82) is 0 Å². The van der Waals surface area contributed by atoms with Crippen LogP contribution in [-0.2, 0) is 9.53 Å². The molecule has 0 saturated carbocycles. The van der Waals surface area contributed by atoms with E-state index in [9.17, 15) is 25.2 Å². The molecule has 0 aromatic carbocycles. The topological polar surface area (TPSA) is 131 Å². The Morgan fingerprint density at radius 2 is 2.05 bits per heavy atom. The summed E-state index contributed by atoms with van der Waals surface area (Å²) < 4.78 is 5.01. The number of aliphatic carboxylic acids is 1. The Kier molecular flexibility index (Phi) is 4.09. The normalized spacial score (nSPS) is 44.4. The van der Waals surface area contributed by atoms with Gasteiger partial charge in [0.25, 0.3) is 0 Å². The van der Waals surface area contributed by atoms with Crippen LogP contribution in [0.15, 0.2) is 0 Å². The Morgan fingerprint density at radius 1 is 1.37 bits per heavy atom. The van der Waals surface area contributed by atoms with Crippen LogP contribution in [0.3, 0.4) is 0 Å². The third-order valence-corrected chi connectivity index (χ3v) is 3.76. The van der Waals surface area contributed by atoms with E-state index < -0.39 is 36.1 Å². The Labute approximate surface area is 109 Å². The van der Waals surface area contributed by atoms with Gasteiger partial charge in [-0.25, -0.2) is 0 Å². The zero-order valence-electron chi connectivity index (χ0n) is 10.3. The van der Waals surface area contributed by atoms with Gasteiger partial charge in [-0.2, -0.15) is 0 Å². The van der Waals surface area contributed by atoms with Crippen molar-refractivity contribution in [3.63, 3.8) is 0 Å². The average Bonchev–Trinajstić information content (AvgIpc) is 2.80. The number of likely N-dealkylation sites (tertiary alicyclic amines) is 1. The number of hydrogen-bond donors (Lipinski definition) is 5. The zero-order valence-corrected chi connectivity index (χ0v) is 10.3. The number of nitrogens with zero attached hydrogens (tertiary/aromatic N) is 1. The molecule has 5 N–H and O–H groups in total. The fraction of sp³-hybridized carbons (Fsp3) is 0.909. The maximum Gasteiger partial charge on any atom is 0.320 e. The standard InChI is InChI=1S/C11H19NO7/c13-7-4-19-11(18,9(15)8(7)14)5-12-3-1-2-6(12)10(16)17/h6-9,13-15,18H,1-5H2,(H,16,17)/t6-,7+,8?,9?,11+/m0/s1. The highest BCUT2D eigenvalue weighted by Gasteiger charge is 2.50. The van der Waals surface area contributed by atoms with Gasteiger partial charge in [-0.1, -0.05) is 0 Å². The van der Waals surface area contributed by atoms with Gasteiger partial charge in [-0.15, -0.1) is 0 Å². The maximum atomic E-state index is 11.0. The highest BCUT2D eigenvalue weighted by atomic mass is 16.6. The number of β-amino-alcohol motifs (C(OH)–C–C–N with tert-alkyl or cyclic N) is 1. The van der Waals surface area contributed by atoms with Crippen molar-refractivity contribution in [2.24, 2.45) is 0 Å². The number of carboxylic acid groups (broad SMARTS) is 1. The second-order valence-electron chi connectivity index (χ2n) is 5.13. The minimum absolute atomic E-state index is 0.227. The summed E-state index contributed by atoms with van der Waals surface area (Å²) in [6.07, 6.45) is -3.35. The molecule has 2 fully saturated rings. The largest absolute Gasteiger partial charge is 0.480 e. The molecule has 0 radical (unpaired) electrons. The second kappa shape index (κ2) is 5.31. The monoisotopic (exact) mass is 277 g/mol. The predicted molar refractivity (Wildman–Crippen MR) is 61.2 cm³/mol. The summed E-state index contributed by atoms with van der Waals surface area (Å²) in [6, 6.07) is -0.733. The number of aliphatic hydroxyl groups is 4. The van der Waals surface area contributed by atoms with Crippen LogP contribution in [-0.4, -0.2) is 86.2 Å². The predicted octanol–water partition coefficient (Wildman–Crippen LogP) is -2.66. The second-order valence-corrected chi connectivity index (χ2v) is 5.13. The number of carboxylic acids is 1. The molecule has 0 aliphatic carbocycles. The van der Waals surface area contributed by atoms with Crippen LogP contribution in [0.1, 0.15) is 12.8 Å². The van der Waals surface area contributed by atoms with Gasteiger partial charge < -0.3 is 30.3 Å². The van der Waals surface area contributed by atoms with E-state index in [1.54, 1.807) is 0 Å². The number of aliphatic hydroxyl groups excluding tert-OH is 3. The van der Waals surface area contributed by atoms with Crippen molar-refractivity contribution in [2.45, 2.75) is 43.0 Å². The summed E-state index contributed by atoms with van der Waals surface area (Å²) in [4.78, 5) is 12.5. The molecule has 8 nitrogen and oxygen atoms in total. The lowest BCUT2D eigenvalue weighted by Crippen LogP contribution is -2.65. The van der Waals surface area contributed by atoms with Gasteiger partial charge in [0, 0.05) is 0 Å². The minimum Gasteiger partial charge on any atom is -0.480 e. The average molecular weight is 277 g/mol. The number of carbonyl (C=O) groups is 1. The van der Waals surface area contributed by atoms with Crippen LogP contribution in [0.25, 0.3) is 0 Å². The highest BCUT2D eigenvalue weighted by Crippen LogP contribution is 2.28. The summed E-state index contributed by atoms with van der Waals surface area (Å²) in [6.45, 7) is -0.0801. The summed E-state index contributed by atoms with van der Waals surface area (Å²) in [5, 5.41) is 47.9. The Bertz CT molecular complexity index is 352. The zero-order chi connectivity index (χ0) is 14.2. The van der Waals surface area contributed by atoms with Gasteiger partial charge in [-0.05, 0) is 19.4 Å². The fourth-order valence-corrected chi connectivity index (χ4v) is 2.62. The van der Waals surface area contributed by atoms with Crippen LogP contribution in [0, 0.1) is 0 Å². The number of rotatable bonds is 3. The van der Waals surface area contributed by atoms with Crippen molar-refractivity contribution in [2.75, 3.05) is 19.7 Å². The first-order valence-electron chi connectivity index (χ1n) is 6.22. The van der Waals surface area contributed by atoms with Crippen LogP contribution in [0.4, 0.5) is 0 Å². The van der Waals surface area contributed by atoms with Crippen LogP contribution in [0.5, 0.6) is 0 Å². The molecule has 19 heavy (non-hydrogen) atoms. The van der Waals surface area contributed by atoms with E-state index in [0.29, 0.717) is 19.4 Å². The van der Waals surface area contributed by atoms with Crippen molar-refractivity contribution in [1.82, 2.24) is 4.90 Å². The van der Waals surface area contributed by atoms with Gasteiger partial charge in [0.2, 0.25) is 5.79 Å². The number of ether oxygens (including phenoxy) is 1. The summed E-state index contributed by atoms with van der Waals surface area (Å²) in [7, 11) is 0. The summed E-state index contributed by atoms with van der Waals surface area (Å²) in [5.41, 5.74) is 0. The maximum absolute atomic E-state index is 11.0. The molecule has 2 unspecified atom stereocenters. The molecule has 8 heteroatoms. The molecule has 2 aliphatic heterocycles. The first-order valence-corrected chi connectivity index (χ1v) is 6.22. The van der Waals surface area contributed by atoms with Crippen molar-refractivity contribution in [3.05, 3.63) is 0 Å². The molecule has 5 atom stereocenters. The van der Waals surface area contributed by atoms with E-state index in [0.717, 1.165) is 0 Å². The first-order chi connectivity index (χ1) is 8.85. The smallest absolute Gasteiger partial charge is 0.320 e. The van der Waals surface area contributed by atoms with Crippen LogP contribution in [0.2, 0.25) is 0 Å². The van der Waals surface area contributed by atoms with Crippen molar-refractivity contribution in [3.8, 4) is 0 Å². The molecule has 0 aromatic heterocycles. The first kappa shape index (κ1) is 14.6. The third-order valence-electron chi connectivity index (χ3n) is 3.76. The SMILES string of the molecule is O=C(O)[C@@H]1CCCN1C[C@@]1(O)OC[C@@H](O)C(O)C1O. The fourth-order valence-electron chi connectivity index (χ4n) is 2.62. The van der Waals surface area contributed by atoms with Crippen LogP contribution >= 0.6 is 0 Å². The molecule has 0 amide bonds. The van der Waals surface area contributed by atoms with Crippen LogP contribution < -0.4 is 0 Å². The van der Waals surface area contributed by atoms with E-state index in [4.69, 9.17) is 9.84 Å². The molecule has 2 aliphatic rings. The minimum atomic E-state index is -2.07. The molecule has 2 rings (SSSR count). The lowest BCUT2D eigenvalue weighted by molar-refractivity contribution is -0.325. The molecular weight excluding hydrogens is 258 g/mol. The van der Waals surface area contributed by atoms with Gasteiger partial charge in [-0.3, -0.25) is 9.69 Å². The van der Waals surface area contributed by atoms with Gasteiger partial charge >= 0.3 is 5.97 Å². The van der Waals surface area contributed by atoms with Gasteiger partial charge in [0.15, 0.2) is 0 Å². The van der Waals surface area contributed by atoms with E-state index in [-0.39, 0.29) is 13.2 Å². The molecule has 2 saturated heterocycles. The Morgan fingerprint density at radius 3 is 2.68 bits per heavy atom. The summed E-state index contributed by atoms with van der Waals surface area (Å²) in [5.74, 6) is -3.07. The lowest BCUT2D eigenvalue weighted by Gasteiger charge is -2.43. The van der Waals surface area contributed by atoms with Gasteiger partial charge in [0.05, 0.1) is 13.2 Å². The Hall–Kier alpha value is -0.770. The van der Waals surface area contributed by atoms with Gasteiger partial charge in [0.1, 0.15) is 24.4 Å². The molecule has 110 valence electrons. The molecule has 0 spiro atoms. The van der Waals surface area contributed by atoms with E-state index in [1.807, 2.05) is 0 Å². The van der Waals surface area contributed by atoms with Crippen molar-refractivity contribution < 1.29 is 35.1 Å². The quantitative estimate of drug-likeness (QED) is 0.378. The summed E-state index contributed by atoms with van der Waals surface area (Å²) >= 11 is 0. The molecular formula is C11H19NO7. The Balaban J connectivity index is 2.06. The van der Waals surface area contributed by atoms with E-state index in [2.05, 4.69) is 0 Å². The van der Waals surface area contributed by atoms with E-state index >= 15 is 0 Å². The highest BCUT2D eigenvalue weighted by molar-refractivity contribution is 5.73. The van der Waals surface area contributed by atoms with E-state index in [1.165, 1.54) is 4.90 Å². The molecule has 0 bridgehead atoms. The molecule has 0 aromatic rings. The third kappa shape index (κ3) is 2.73. The lowest BCUT2D eigenvalue weighted by atomic mass is 9.96. The molecule has 2 heterocycles. The number of hydrogen-bond acceptors (Lipinski definition) is 7. The van der Waals surface area contributed by atoms with Crippen molar-refractivity contribution >= 4 is 5.97 Å².